The Morgan fingerprint density at radius 2 is 1.80 bits per heavy atom. The Bertz CT molecular complexity index is 1700. The molecule has 1 fully saturated rings. The van der Waals surface area contributed by atoms with Gasteiger partial charge in [-0.2, -0.15) is 0 Å². The second kappa shape index (κ2) is 15.5. The molecule has 1 N–H and O–H groups in total. The molecule has 51 heavy (non-hydrogen) atoms. The Kier molecular flexibility index (Phi) is 11.5. The first-order chi connectivity index (χ1) is 24.1. The molecule has 10 nitrogen and oxygen atoms in total. The number of rotatable bonds is 14. The maximum atomic E-state index is 13.7. The molecule has 3 atom stereocenters. The van der Waals surface area contributed by atoms with Crippen molar-refractivity contribution in [3.63, 3.8) is 0 Å². The van der Waals surface area contributed by atoms with E-state index in [4.69, 9.17) is 14.2 Å². The number of aliphatic hydroxyl groups is 1. The molecule has 2 amide bonds. The summed E-state index contributed by atoms with van der Waals surface area (Å²) in [7, 11) is 1.58. The van der Waals surface area contributed by atoms with Crippen molar-refractivity contribution in [2.45, 2.75) is 92.5 Å². The van der Waals surface area contributed by atoms with Crippen molar-refractivity contribution < 1.29 is 28.9 Å². The predicted molar refractivity (Wildman–Crippen MR) is 203 cm³/mol. The third kappa shape index (κ3) is 8.43. The number of aryl methyl sites for hydroxylation is 1. The number of aliphatic imine (C=N–C) groups is 1. The van der Waals surface area contributed by atoms with E-state index in [2.05, 4.69) is 38.9 Å². The maximum Gasteiger partial charge on any atom is 0.257 e. The maximum absolute atomic E-state index is 13.7. The quantitative estimate of drug-likeness (QED) is 0.206. The van der Waals surface area contributed by atoms with Crippen LogP contribution in [-0.2, 0) is 0 Å². The van der Waals surface area contributed by atoms with Crippen LogP contribution in [0, 0.1) is 18.3 Å². The Morgan fingerprint density at radius 3 is 2.49 bits per heavy atom. The van der Waals surface area contributed by atoms with Crippen molar-refractivity contribution in [3.05, 3.63) is 65.3 Å². The molecular formula is C41H56N4O6. The van der Waals surface area contributed by atoms with E-state index in [-0.39, 0.29) is 35.9 Å². The second-order valence-electron chi connectivity index (χ2n) is 15.6. The Hall–Kier alpha value is -4.31. The SMILES string of the molecule is C=C(CC)CN1C[C@H](O)N(C(C)C)c2cc(OCCC(C)CC(C)(C)COc3cc4c(cc3OC)C(=O)N3CC(=C)C[C@H]3C=N4)c(C)cc2C1=O. The van der Waals surface area contributed by atoms with Gasteiger partial charge in [-0.1, -0.05) is 52.0 Å². The van der Waals surface area contributed by atoms with Crippen molar-refractivity contribution in [2.24, 2.45) is 16.3 Å². The van der Waals surface area contributed by atoms with Crippen LogP contribution in [0.1, 0.15) is 93.5 Å². The largest absolute Gasteiger partial charge is 0.493 e. The van der Waals surface area contributed by atoms with E-state index in [1.165, 1.54) is 0 Å². The smallest absolute Gasteiger partial charge is 0.257 e. The van der Waals surface area contributed by atoms with Crippen LogP contribution in [0.3, 0.4) is 0 Å². The van der Waals surface area contributed by atoms with Crippen molar-refractivity contribution in [1.29, 1.82) is 0 Å². The standard InChI is InChI=1S/C41H56N4O6/c1-11-26(4)21-43-23-38(46)45(25(2)3)34-18-35(29(7)15-32(34)39(43)47)50-13-12-27(5)19-41(8,9)24-51-37-17-33-31(16-36(37)49-10)40(48)44-22-28(6)14-30(44)20-42-33/h15-18,20,25,27,30,38,46H,4,6,11-14,19,21-24H2,1-3,5,7-10H3/t27?,30-,38-/m0/s1. The van der Waals surface area contributed by atoms with Gasteiger partial charge in [-0.15, -0.1) is 0 Å². The van der Waals surface area contributed by atoms with Gasteiger partial charge in [0.2, 0.25) is 0 Å². The number of aliphatic hydroxyl groups excluding tert-OH is 1. The van der Waals surface area contributed by atoms with Crippen LogP contribution in [0.4, 0.5) is 11.4 Å². The van der Waals surface area contributed by atoms with E-state index < -0.39 is 6.23 Å². The molecule has 0 aromatic heterocycles. The molecule has 3 aliphatic rings. The summed E-state index contributed by atoms with van der Waals surface area (Å²) in [6.45, 7) is 24.9. The number of anilines is 1. The van der Waals surface area contributed by atoms with Gasteiger partial charge in [-0.05, 0) is 75.5 Å². The molecule has 1 saturated heterocycles. The number of amides is 2. The highest BCUT2D eigenvalue weighted by Gasteiger charge is 2.36. The molecule has 2 aromatic rings. The Labute approximate surface area is 303 Å². The normalized spacial score (nSPS) is 19.4. The lowest BCUT2D eigenvalue weighted by atomic mass is 9.83. The van der Waals surface area contributed by atoms with Gasteiger partial charge in [-0.3, -0.25) is 14.6 Å². The van der Waals surface area contributed by atoms with Crippen LogP contribution in [-0.4, -0.2) is 91.2 Å². The van der Waals surface area contributed by atoms with E-state index in [9.17, 15) is 14.7 Å². The van der Waals surface area contributed by atoms with Crippen molar-refractivity contribution in [3.8, 4) is 17.2 Å². The fourth-order valence-corrected chi connectivity index (χ4v) is 7.41. The Morgan fingerprint density at radius 1 is 1.06 bits per heavy atom. The third-order valence-electron chi connectivity index (χ3n) is 10.1. The summed E-state index contributed by atoms with van der Waals surface area (Å²) < 4.78 is 18.4. The van der Waals surface area contributed by atoms with Crippen LogP contribution in [0.5, 0.6) is 17.2 Å². The third-order valence-corrected chi connectivity index (χ3v) is 10.1. The minimum absolute atomic E-state index is 0.0273. The lowest BCUT2D eigenvalue weighted by Crippen LogP contribution is -2.46. The van der Waals surface area contributed by atoms with E-state index in [1.54, 1.807) is 18.1 Å². The highest BCUT2D eigenvalue weighted by Crippen LogP contribution is 2.40. The molecule has 3 aliphatic heterocycles. The van der Waals surface area contributed by atoms with Crippen LogP contribution in [0.2, 0.25) is 0 Å². The average Bonchev–Trinajstić information content (AvgIpc) is 3.35. The lowest BCUT2D eigenvalue weighted by Gasteiger charge is -2.34. The van der Waals surface area contributed by atoms with Crippen LogP contribution in [0.25, 0.3) is 0 Å². The minimum atomic E-state index is -0.848. The zero-order valence-electron chi connectivity index (χ0n) is 31.8. The topological polar surface area (TPSA) is 104 Å². The van der Waals surface area contributed by atoms with Gasteiger partial charge in [-0.25, -0.2) is 0 Å². The summed E-state index contributed by atoms with van der Waals surface area (Å²) in [5, 5.41) is 11.2. The molecule has 0 spiro atoms. The highest BCUT2D eigenvalue weighted by atomic mass is 16.5. The summed E-state index contributed by atoms with van der Waals surface area (Å²) in [5.74, 6) is 1.94. The minimum Gasteiger partial charge on any atom is -0.493 e. The fourth-order valence-electron chi connectivity index (χ4n) is 7.41. The van der Waals surface area contributed by atoms with E-state index in [1.807, 2.05) is 61.9 Å². The molecular weight excluding hydrogens is 644 g/mol. The predicted octanol–water partition coefficient (Wildman–Crippen LogP) is 7.35. The van der Waals surface area contributed by atoms with Gasteiger partial charge in [0, 0.05) is 37.5 Å². The van der Waals surface area contributed by atoms with E-state index in [0.29, 0.717) is 72.0 Å². The summed E-state index contributed by atoms with van der Waals surface area (Å²) in [5.41, 5.74) is 5.04. The number of benzene rings is 2. The van der Waals surface area contributed by atoms with Gasteiger partial charge in [0.05, 0.1) is 55.4 Å². The van der Waals surface area contributed by atoms with Crippen LogP contribution in [0.15, 0.2) is 53.6 Å². The van der Waals surface area contributed by atoms with Gasteiger partial charge >= 0.3 is 0 Å². The molecule has 0 bridgehead atoms. The molecule has 3 heterocycles. The number of carbonyl (C=O) groups excluding carboxylic acids is 2. The number of carbonyl (C=O) groups is 2. The molecule has 5 rings (SSSR count). The summed E-state index contributed by atoms with van der Waals surface area (Å²) >= 11 is 0. The molecule has 10 heteroatoms. The first-order valence-corrected chi connectivity index (χ1v) is 18.2. The van der Waals surface area contributed by atoms with Gasteiger partial charge in [0.25, 0.3) is 11.8 Å². The first kappa shape index (κ1) is 37.9. The van der Waals surface area contributed by atoms with Crippen LogP contribution >= 0.6 is 0 Å². The average molecular weight is 701 g/mol. The molecule has 2 aromatic carbocycles. The lowest BCUT2D eigenvalue weighted by molar-refractivity contribution is 0.0655. The molecule has 0 radical (unpaired) electrons. The van der Waals surface area contributed by atoms with E-state index in [0.717, 1.165) is 42.4 Å². The number of fused-ring (bicyclic) bond motifs is 3. The highest BCUT2D eigenvalue weighted by molar-refractivity contribution is 6.04. The Balaban J connectivity index is 1.21. The number of nitrogens with zero attached hydrogens (tertiary/aromatic N) is 4. The molecule has 0 aliphatic carbocycles. The van der Waals surface area contributed by atoms with Crippen molar-refractivity contribution >= 4 is 29.4 Å². The number of hydrogen-bond acceptors (Lipinski definition) is 8. The second-order valence-corrected chi connectivity index (χ2v) is 15.6. The fraction of sp³-hybridized carbons (Fsp3) is 0.537. The number of methoxy groups -OCH3 is 1. The summed E-state index contributed by atoms with van der Waals surface area (Å²) in [6, 6.07) is 7.25. The van der Waals surface area contributed by atoms with E-state index >= 15 is 0 Å². The van der Waals surface area contributed by atoms with Gasteiger partial charge in [0.15, 0.2) is 11.5 Å². The van der Waals surface area contributed by atoms with Crippen LogP contribution < -0.4 is 19.1 Å². The summed E-state index contributed by atoms with van der Waals surface area (Å²) in [6.07, 6.45) is 4.20. The van der Waals surface area contributed by atoms with Crippen molar-refractivity contribution in [1.82, 2.24) is 9.80 Å². The summed E-state index contributed by atoms with van der Waals surface area (Å²) in [4.78, 5) is 37.1. The molecule has 276 valence electrons. The van der Waals surface area contributed by atoms with Gasteiger partial charge in [0.1, 0.15) is 12.0 Å². The molecule has 0 saturated carbocycles. The van der Waals surface area contributed by atoms with Crippen molar-refractivity contribution in [2.75, 3.05) is 44.9 Å². The zero-order valence-corrected chi connectivity index (χ0v) is 31.8. The first-order valence-electron chi connectivity index (χ1n) is 18.2. The number of hydrogen-bond donors (Lipinski definition) is 1. The number of β-amino-alcohol motifs (C(OH)–C–C–N with tert-alkyl or cyclic N) is 1. The molecule has 1 unspecified atom stereocenters. The zero-order chi connectivity index (χ0) is 37.2. The monoisotopic (exact) mass is 700 g/mol. The number of ether oxygens (including phenoxy) is 3. The van der Waals surface area contributed by atoms with Gasteiger partial charge < -0.3 is 34.0 Å².